The fourth-order valence-corrected chi connectivity index (χ4v) is 3.72. The first kappa shape index (κ1) is 17.1. The van der Waals surface area contributed by atoms with Crippen LogP contribution in [0.15, 0.2) is 36.8 Å². The van der Waals surface area contributed by atoms with Gasteiger partial charge in [0, 0.05) is 56.7 Å². The maximum atomic E-state index is 12.6. The number of carbonyl (C=O) groups excluding carboxylic acids is 1. The molecular weight excluding hydrogens is 330 g/mol. The van der Waals surface area contributed by atoms with Crippen molar-refractivity contribution in [3.63, 3.8) is 0 Å². The number of urea groups is 1. The first-order chi connectivity index (χ1) is 12.8. The molecule has 2 aliphatic rings. The predicted octanol–water partition coefficient (Wildman–Crippen LogP) is 2.41. The van der Waals surface area contributed by atoms with E-state index in [-0.39, 0.29) is 6.03 Å². The average Bonchev–Trinajstić information content (AvgIpc) is 3.24. The van der Waals surface area contributed by atoms with Crippen molar-refractivity contribution in [2.45, 2.75) is 18.9 Å². The number of piperazine rings is 1. The van der Waals surface area contributed by atoms with Crippen LogP contribution in [-0.4, -0.2) is 71.2 Å². The summed E-state index contributed by atoms with van der Waals surface area (Å²) in [5, 5.41) is 3.02. The lowest BCUT2D eigenvalue weighted by molar-refractivity contribution is 0.0194. The van der Waals surface area contributed by atoms with E-state index in [9.17, 15) is 4.79 Å². The number of aromatic nitrogens is 2. The number of H-pyrrole nitrogens is 1. The number of hydrogen-bond donors (Lipinski definition) is 2. The van der Waals surface area contributed by atoms with Crippen LogP contribution in [0, 0.1) is 0 Å². The number of nitrogens with zero attached hydrogens (tertiary/aromatic N) is 3. The number of amides is 2. The van der Waals surface area contributed by atoms with Gasteiger partial charge < -0.3 is 19.9 Å². The second kappa shape index (κ2) is 7.88. The Morgan fingerprint density at radius 1 is 1.19 bits per heavy atom. The standard InChI is InChI=1S/C19H25N5O2/c25-19(22-16-3-1-2-15(12-16)18-13-20-14-21-18)24-8-6-23(7-9-24)17-4-10-26-11-5-17/h1-3,12-14,17H,4-11H2,(H,20,21)(H,22,25). The molecule has 4 rings (SSSR count). The molecular formula is C19H25N5O2. The molecule has 1 aromatic carbocycles. The highest BCUT2D eigenvalue weighted by Gasteiger charge is 2.27. The molecule has 2 amide bonds. The normalized spacial score (nSPS) is 19.5. The third-order valence-corrected chi connectivity index (χ3v) is 5.23. The smallest absolute Gasteiger partial charge is 0.321 e. The van der Waals surface area contributed by atoms with E-state index in [1.54, 1.807) is 12.5 Å². The number of carbonyl (C=O) groups is 1. The number of aromatic amines is 1. The van der Waals surface area contributed by atoms with Crippen molar-refractivity contribution in [3.8, 4) is 11.3 Å². The van der Waals surface area contributed by atoms with Gasteiger partial charge in [-0.05, 0) is 25.0 Å². The summed E-state index contributed by atoms with van der Waals surface area (Å²) in [6, 6.07) is 8.39. The summed E-state index contributed by atoms with van der Waals surface area (Å²) in [5.41, 5.74) is 2.74. The molecule has 7 nitrogen and oxygen atoms in total. The minimum Gasteiger partial charge on any atom is -0.381 e. The Bertz CT molecular complexity index is 719. The molecule has 0 atom stereocenters. The summed E-state index contributed by atoms with van der Waals surface area (Å²) in [7, 11) is 0. The molecule has 0 spiro atoms. The van der Waals surface area contributed by atoms with E-state index in [2.05, 4.69) is 20.2 Å². The van der Waals surface area contributed by atoms with E-state index in [4.69, 9.17) is 4.74 Å². The van der Waals surface area contributed by atoms with E-state index in [1.165, 1.54) is 0 Å². The van der Waals surface area contributed by atoms with Crippen molar-refractivity contribution in [2.24, 2.45) is 0 Å². The molecule has 0 aliphatic carbocycles. The van der Waals surface area contributed by atoms with Gasteiger partial charge in [0.15, 0.2) is 0 Å². The van der Waals surface area contributed by atoms with Crippen LogP contribution in [-0.2, 0) is 4.74 Å². The Morgan fingerprint density at radius 3 is 2.73 bits per heavy atom. The molecule has 7 heteroatoms. The Balaban J connectivity index is 1.32. The molecule has 2 fully saturated rings. The van der Waals surface area contributed by atoms with Gasteiger partial charge in [0.2, 0.25) is 0 Å². The predicted molar refractivity (Wildman–Crippen MR) is 100 cm³/mol. The SMILES string of the molecule is O=C(Nc1cccc(-c2cnc[nH]2)c1)N1CCN(C2CCOCC2)CC1. The number of ether oxygens (including phenoxy) is 1. The Kier molecular flexibility index (Phi) is 5.17. The lowest BCUT2D eigenvalue weighted by Gasteiger charge is -2.40. The molecule has 2 aliphatic heterocycles. The number of imidazole rings is 1. The largest absolute Gasteiger partial charge is 0.381 e. The third-order valence-electron chi connectivity index (χ3n) is 5.23. The van der Waals surface area contributed by atoms with Crippen LogP contribution in [0.3, 0.4) is 0 Å². The van der Waals surface area contributed by atoms with Gasteiger partial charge in [0.05, 0.1) is 18.2 Å². The van der Waals surface area contributed by atoms with Crippen LogP contribution in [0.4, 0.5) is 10.5 Å². The third kappa shape index (κ3) is 3.89. The molecule has 0 unspecified atom stereocenters. The summed E-state index contributed by atoms with van der Waals surface area (Å²) < 4.78 is 5.45. The quantitative estimate of drug-likeness (QED) is 0.887. The molecule has 0 radical (unpaired) electrons. The first-order valence-electron chi connectivity index (χ1n) is 9.26. The van der Waals surface area contributed by atoms with E-state index >= 15 is 0 Å². The van der Waals surface area contributed by atoms with Crippen molar-refractivity contribution >= 4 is 11.7 Å². The van der Waals surface area contributed by atoms with Gasteiger partial charge in [-0.1, -0.05) is 12.1 Å². The average molecular weight is 355 g/mol. The molecule has 1 aromatic heterocycles. The zero-order chi connectivity index (χ0) is 17.8. The van der Waals surface area contributed by atoms with Crippen molar-refractivity contribution in [1.29, 1.82) is 0 Å². The van der Waals surface area contributed by atoms with Crippen LogP contribution >= 0.6 is 0 Å². The van der Waals surface area contributed by atoms with E-state index < -0.39 is 0 Å². The van der Waals surface area contributed by atoms with Gasteiger partial charge in [-0.3, -0.25) is 4.90 Å². The van der Waals surface area contributed by atoms with Gasteiger partial charge >= 0.3 is 6.03 Å². The topological polar surface area (TPSA) is 73.5 Å². The number of anilines is 1. The van der Waals surface area contributed by atoms with Gasteiger partial charge in [0.1, 0.15) is 0 Å². The van der Waals surface area contributed by atoms with Gasteiger partial charge in [-0.15, -0.1) is 0 Å². The molecule has 0 bridgehead atoms. The number of rotatable bonds is 3. The fourth-order valence-electron chi connectivity index (χ4n) is 3.72. The molecule has 2 N–H and O–H groups in total. The van der Waals surface area contributed by atoms with E-state index in [0.717, 1.165) is 69.2 Å². The highest BCUT2D eigenvalue weighted by Crippen LogP contribution is 2.21. The van der Waals surface area contributed by atoms with Crippen LogP contribution in [0.1, 0.15) is 12.8 Å². The van der Waals surface area contributed by atoms with Gasteiger partial charge in [-0.2, -0.15) is 0 Å². The number of benzene rings is 1. The minimum absolute atomic E-state index is 0.0293. The molecule has 3 heterocycles. The summed E-state index contributed by atoms with van der Waals surface area (Å²) >= 11 is 0. The lowest BCUT2D eigenvalue weighted by atomic mass is 10.1. The minimum atomic E-state index is -0.0293. The zero-order valence-electron chi connectivity index (χ0n) is 14.9. The fraction of sp³-hybridized carbons (Fsp3) is 0.474. The highest BCUT2D eigenvalue weighted by molar-refractivity contribution is 5.90. The molecule has 138 valence electrons. The summed E-state index contributed by atoms with van der Waals surface area (Å²) in [5.74, 6) is 0. The Hall–Kier alpha value is -2.38. The van der Waals surface area contributed by atoms with Crippen LogP contribution in [0.5, 0.6) is 0 Å². The van der Waals surface area contributed by atoms with Crippen molar-refractivity contribution in [3.05, 3.63) is 36.8 Å². The molecule has 26 heavy (non-hydrogen) atoms. The van der Waals surface area contributed by atoms with E-state index in [0.29, 0.717) is 6.04 Å². The van der Waals surface area contributed by atoms with Crippen LogP contribution in [0.2, 0.25) is 0 Å². The number of hydrogen-bond acceptors (Lipinski definition) is 4. The lowest BCUT2D eigenvalue weighted by Crippen LogP contribution is -2.53. The maximum absolute atomic E-state index is 12.6. The molecule has 2 saturated heterocycles. The second-order valence-electron chi connectivity index (χ2n) is 6.84. The van der Waals surface area contributed by atoms with Crippen LogP contribution in [0.25, 0.3) is 11.3 Å². The molecule has 2 aromatic rings. The van der Waals surface area contributed by atoms with Gasteiger partial charge in [-0.25, -0.2) is 9.78 Å². The van der Waals surface area contributed by atoms with Crippen molar-refractivity contribution in [1.82, 2.24) is 19.8 Å². The highest BCUT2D eigenvalue weighted by atomic mass is 16.5. The summed E-state index contributed by atoms with van der Waals surface area (Å²) in [6.07, 6.45) is 5.63. The zero-order valence-corrected chi connectivity index (χ0v) is 14.9. The summed E-state index contributed by atoms with van der Waals surface area (Å²) in [6.45, 7) is 5.13. The van der Waals surface area contributed by atoms with Gasteiger partial charge in [0.25, 0.3) is 0 Å². The van der Waals surface area contributed by atoms with Crippen LogP contribution < -0.4 is 5.32 Å². The maximum Gasteiger partial charge on any atom is 0.321 e. The second-order valence-corrected chi connectivity index (χ2v) is 6.84. The first-order valence-corrected chi connectivity index (χ1v) is 9.26. The Labute approximate surface area is 153 Å². The molecule has 0 saturated carbocycles. The van der Waals surface area contributed by atoms with Crippen molar-refractivity contribution in [2.75, 3.05) is 44.7 Å². The summed E-state index contributed by atoms with van der Waals surface area (Å²) in [4.78, 5) is 24.1. The van der Waals surface area contributed by atoms with E-state index in [1.807, 2.05) is 29.2 Å². The monoisotopic (exact) mass is 355 g/mol. The van der Waals surface area contributed by atoms with Crippen molar-refractivity contribution < 1.29 is 9.53 Å². The Morgan fingerprint density at radius 2 is 2.00 bits per heavy atom. The number of nitrogens with one attached hydrogen (secondary N) is 2.